The van der Waals surface area contributed by atoms with Crippen LogP contribution in [-0.4, -0.2) is 23.5 Å². The van der Waals surface area contributed by atoms with E-state index < -0.39 is 11.9 Å². The van der Waals surface area contributed by atoms with E-state index in [9.17, 15) is 9.59 Å². The Bertz CT molecular complexity index is 659. The average Bonchev–Trinajstić information content (AvgIpc) is 3.11. The number of hydrogen-bond acceptors (Lipinski definition) is 4. The second kappa shape index (κ2) is 7.26. The molecule has 2 N–H and O–H groups in total. The number of aryl methyl sites for hydroxylation is 1. The average molecular weight is 321 g/mol. The van der Waals surface area contributed by atoms with Gasteiger partial charge in [0.05, 0.1) is 15.7 Å². The van der Waals surface area contributed by atoms with Crippen molar-refractivity contribution in [3.63, 3.8) is 0 Å². The lowest BCUT2D eigenvalue weighted by Gasteiger charge is -2.11. The van der Waals surface area contributed by atoms with Crippen LogP contribution in [0, 0.1) is 12.8 Å². The van der Waals surface area contributed by atoms with Crippen molar-refractivity contribution >= 4 is 23.2 Å². The monoisotopic (exact) mass is 321 g/mol. The molecule has 0 bridgehead atoms. The number of hydrogen-bond donors (Lipinski definition) is 2. The molecule has 2 aromatic heterocycles. The number of amides is 1. The maximum absolute atomic E-state index is 12.1. The lowest BCUT2D eigenvalue weighted by atomic mass is 10.0. The molecule has 0 saturated carbocycles. The summed E-state index contributed by atoms with van der Waals surface area (Å²) in [6, 6.07) is 7.29. The molecule has 0 saturated heterocycles. The lowest BCUT2D eigenvalue weighted by molar-refractivity contribution is -0.141. The fourth-order valence-electron chi connectivity index (χ4n) is 2.12. The van der Waals surface area contributed by atoms with Gasteiger partial charge in [0.25, 0.3) is 5.91 Å². The summed E-state index contributed by atoms with van der Waals surface area (Å²) in [5, 5.41) is 11.8. The van der Waals surface area contributed by atoms with Gasteiger partial charge >= 0.3 is 5.97 Å². The Kier molecular flexibility index (Phi) is 5.38. The van der Waals surface area contributed by atoms with Crippen LogP contribution in [-0.2, 0) is 4.79 Å². The Hall–Kier alpha value is -2.08. The normalized spacial score (nSPS) is 12.1. The van der Waals surface area contributed by atoms with E-state index in [1.54, 1.807) is 6.07 Å². The number of furan rings is 1. The smallest absolute Gasteiger partial charge is 0.308 e. The van der Waals surface area contributed by atoms with E-state index in [2.05, 4.69) is 5.32 Å². The van der Waals surface area contributed by atoms with Crippen LogP contribution in [0.4, 0.5) is 0 Å². The van der Waals surface area contributed by atoms with E-state index in [1.807, 2.05) is 32.0 Å². The van der Waals surface area contributed by atoms with Crippen molar-refractivity contribution in [2.75, 3.05) is 6.54 Å². The standard InChI is InChI=1S/C16H19NO4S/c1-3-4-11(16(19)20)9-17-15(18)14-8-7-13(22-14)12-6-5-10(2)21-12/h5-8,11H,3-4,9H2,1-2H3,(H,17,18)(H,19,20). The Morgan fingerprint density at radius 3 is 2.68 bits per heavy atom. The molecule has 2 aromatic rings. The van der Waals surface area contributed by atoms with Crippen LogP contribution in [0.2, 0.25) is 0 Å². The molecule has 0 aromatic carbocycles. The van der Waals surface area contributed by atoms with Gasteiger partial charge in [-0.15, -0.1) is 11.3 Å². The highest BCUT2D eigenvalue weighted by atomic mass is 32.1. The molecular formula is C16H19NO4S. The van der Waals surface area contributed by atoms with Gasteiger partial charge in [-0.05, 0) is 37.6 Å². The molecule has 22 heavy (non-hydrogen) atoms. The maximum atomic E-state index is 12.1. The molecule has 118 valence electrons. The number of carbonyl (C=O) groups excluding carboxylic acids is 1. The largest absolute Gasteiger partial charge is 0.481 e. The first-order valence-electron chi connectivity index (χ1n) is 7.19. The summed E-state index contributed by atoms with van der Waals surface area (Å²) in [7, 11) is 0. The van der Waals surface area contributed by atoms with Gasteiger partial charge in [-0.1, -0.05) is 13.3 Å². The molecule has 1 unspecified atom stereocenters. The van der Waals surface area contributed by atoms with E-state index in [1.165, 1.54) is 11.3 Å². The summed E-state index contributed by atoms with van der Waals surface area (Å²) >= 11 is 1.33. The topological polar surface area (TPSA) is 79.5 Å². The zero-order valence-electron chi connectivity index (χ0n) is 12.6. The summed E-state index contributed by atoms with van der Waals surface area (Å²) in [6.45, 7) is 3.94. The molecule has 0 spiro atoms. The highest BCUT2D eigenvalue weighted by Gasteiger charge is 2.18. The maximum Gasteiger partial charge on any atom is 0.308 e. The molecule has 0 fully saturated rings. The molecule has 1 amide bonds. The second-order valence-electron chi connectivity index (χ2n) is 5.11. The predicted octanol–water partition coefficient (Wildman–Crippen LogP) is 3.55. The Morgan fingerprint density at radius 2 is 2.09 bits per heavy atom. The summed E-state index contributed by atoms with van der Waals surface area (Å²) in [4.78, 5) is 24.6. The third-order valence-electron chi connectivity index (χ3n) is 3.31. The number of thiophene rings is 1. The summed E-state index contributed by atoms with van der Waals surface area (Å²) < 4.78 is 5.53. The Balaban J connectivity index is 1.98. The number of carboxylic acids is 1. The van der Waals surface area contributed by atoms with Gasteiger partial charge < -0.3 is 14.8 Å². The Morgan fingerprint density at radius 1 is 1.32 bits per heavy atom. The number of carbonyl (C=O) groups is 2. The van der Waals surface area contributed by atoms with Gasteiger partial charge in [0.15, 0.2) is 0 Å². The van der Waals surface area contributed by atoms with Crippen molar-refractivity contribution in [2.45, 2.75) is 26.7 Å². The van der Waals surface area contributed by atoms with Crippen molar-refractivity contribution in [1.29, 1.82) is 0 Å². The van der Waals surface area contributed by atoms with E-state index in [-0.39, 0.29) is 12.5 Å². The van der Waals surface area contributed by atoms with Crippen LogP contribution >= 0.6 is 11.3 Å². The molecule has 2 heterocycles. The second-order valence-corrected chi connectivity index (χ2v) is 6.19. The van der Waals surface area contributed by atoms with E-state index in [4.69, 9.17) is 9.52 Å². The Labute approximate surface area is 133 Å². The van der Waals surface area contributed by atoms with Crippen LogP contribution in [0.5, 0.6) is 0 Å². The minimum atomic E-state index is -0.875. The first-order valence-corrected chi connectivity index (χ1v) is 8.00. The first-order chi connectivity index (χ1) is 10.5. The van der Waals surface area contributed by atoms with Gasteiger partial charge in [-0.25, -0.2) is 0 Å². The van der Waals surface area contributed by atoms with E-state index in [0.717, 1.165) is 22.8 Å². The number of aliphatic carboxylic acids is 1. The molecule has 0 aliphatic carbocycles. The van der Waals surface area contributed by atoms with Gasteiger partial charge in [0.2, 0.25) is 0 Å². The molecule has 6 heteroatoms. The first kappa shape index (κ1) is 16.3. The minimum Gasteiger partial charge on any atom is -0.481 e. The van der Waals surface area contributed by atoms with Crippen LogP contribution in [0.1, 0.15) is 35.2 Å². The quantitative estimate of drug-likeness (QED) is 0.817. The molecule has 0 aliphatic heterocycles. The van der Waals surface area contributed by atoms with E-state index in [0.29, 0.717) is 11.3 Å². The molecule has 2 rings (SSSR count). The van der Waals surface area contributed by atoms with Gasteiger partial charge in [0, 0.05) is 6.54 Å². The van der Waals surface area contributed by atoms with Crippen LogP contribution in [0.25, 0.3) is 10.6 Å². The molecule has 5 nitrogen and oxygen atoms in total. The van der Waals surface area contributed by atoms with Gasteiger partial charge in [-0.2, -0.15) is 0 Å². The molecule has 0 aliphatic rings. The van der Waals surface area contributed by atoms with Crippen molar-refractivity contribution in [2.24, 2.45) is 5.92 Å². The molecule has 1 atom stereocenters. The van der Waals surface area contributed by atoms with Crippen molar-refractivity contribution in [3.8, 4) is 10.6 Å². The SMILES string of the molecule is CCCC(CNC(=O)c1ccc(-c2ccc(C)o2)s1)C(=O)O. The fraction of sp³-hybridized carbons (Fsp3) is 0.375. The van der Waals surface area contributed by atoms with Crippen LogP contribution in [0.3, 0.4) is 0 Å². The minimum absolute atomic E-state index is 0.148. The fourth-order valence-corrected chi connectivity index (χ4v) is 3.01. The van der Waals surface area contributed by atoms with Crippen LogP contribution in [0.15, 0.2) is 28.7 Å². The number of carboxylic acid groups (broad SMARTS) is 1. The zero-order valence-corrected chi connectivity index (χ0v) is 13.4. The summed E-state index contributed by atoms with van der Waals surface area (Å²) in [6.07, 6.45) is 1.32. The zero-order chi connectivity index (χ0) is 16.1. The highest BCUT2D eigenvalue weighted by molar-refractivity contribution is 7.17. The highest BCUT2D eigenvalue weighted by Crippen LogP contribution is 2.29. The third kappa shape index (κ3) is 3.98. The molecular weight excluding hydrogens is 302 g/mol. The van der Waals surface area contributed by atoms with Gasteiger partial charge in [0.1, 0.15) is 11.5 Å². The van der Waals surface area contributed by atoms with Gasteiger partial charge in [-0.3, -0.25) is 9.59 Å². The predicted molar refractivity (Wildman–Crippen MR) is 85.1 cm³/mol. The molecule has 0 radical (unpaired) electrons. The third-order valence-corrected chi connectivity index (χ3v) is 4.41. The van der Waals surface area contributed by atoms with E-state index >= 15 is 0 Å². The number of rotatable bonds is 7. The van der Waals surface area contributed by atoms with Crippen molar-refractivity contribution in [3.05, 3.63) is 34.9 Å². The summed E-state index contributed by atoms with van der Waals surface area (Å²) in [5.74, 6) is -0.114. The van der Waals surface area contributed by atoms with Crippen molar-refractivity contribution in [1.82, 2.24) is 5.32 Å². The number of nitrogens with one attached hydrogen (secondary N) is 1. The van der Waals surface area contributed by atoms with Crippen LogP contribution < -0.4 is 5.32 Å². The lowest BCUT2D eigenvalue weighted by Crippen LogP contribution is -2.32. The summed E-state index contributed by atoms with van der Waals surface area (Å²) in [5.41, 5.74) is 0. The van der Waals surface area contributed by atoms with Crippen molar-refractivity contribution < 1.29 is 19.1 Å².